The largest absolute Gasteiger partial charge is 0.292 e. The molecule has 102 valence electrons. The number of halogens is 1. The van der Waals surface area contributed by atoms with Crippen molar-refractivity contribution in [2.45, 2.75) is 39.3 Å². The fourth-order valence-electron chi connectivity index (χ4n) is 2.08. The van der Waals surface area contributed by atoms with Crippen LogP contribution in [0.2, 0.25) is 0 Å². The molecule has 1 rings (SSSR count). The minimum Gasteiger partial charge on any atom is -0.292 e. The third-order valence-corrected chi connectivity index (χ3v) is 3.68. The summed E-state index contributed by atoms with van der Waals surface area (Å²) >= 11 is 3.36. The lowest BCUT2D eigenvalue weighted by Gasteiger charge is -2.31. The van der Waals surface area contributed by atoms with Gasteiger partial charge in [-0.25, -0.2) is 0 Å². The molecule has 1 aromatic rings. The second kappa shape index (κ2) is 7.42. The van der Waals surface area contributed by atoms with Crippen LogP contribution < -0.4 is 0 Å². The van der Waals surface area contributed by atoms with Crippen molar-refractivity contribution in [2.24, 2.45) is 0 Å². The molecule has 0 amide bonds. The van der Waals surface area contributed by atoms with Crippen LogP contribution in [-0.2, 0) is 0 Å². The first-order chi connectivity index (χ1) is 8.97. The van der Waals surface area contributed by atoms with E-state index in [0.717, 1.165) is 4.47 Å². The van der Waals surface area contributed by atoms with E-state index in [-0.39, 0.29) is 17.9 Å². The number of benzene rings is 1. The topological polar surface area (TPSA) is 44.1 Å². The van der Waals surface area contributed by atoms with Gasteiger partial charge in [0.2, 0.25) is 0 Å². The molecule has 0 spiro atoms. The van der Waals surface area contributed by atoms with Crippen molar-refractivity contribution >= 4 is 21.7 Å². The molecule has 3 nitrogen and oxygen atoms in total. The summed E-state index contributed by atoms with van der Waals surface area (Å²) in [6.45, 7) is 6.62. The van der Waals surface area contributed by atoms with E-state index in [0.29, 0.717) is 18.5 Å². The number of nitriles is 1. The second-order valence-electron chi connectivity index (χ2n) is 4.79. The van der Waals surface area contributed by atoms with Crippen molar-refractivity contribution in [2.75, 3.05) is 6.54 Å². The molecule has 4 heteroatoms. The van der Waals surface area contributed by atoms with E-state index in [1.165, 1.54) is 0 Å². The van der Waals surface area contributed by atoms with E-state index in [9.17, 15) is 4.79 Å². The number of carbonyl (C=O) groups is 1. The molecule has 0 fully saturated rings. The Morgan fingerprint density at radius 1 is 1.32 bits per heavy atom. The Labute approximate surface area is 123 Å². The van der Waals surface area contributed by atoms with Gasteiger partial charge in [-0.15, -0.1) is 0 Å². The minimum atomic E-state index is -0.213. The third-order valence-electron chi connectivity index (χ3n) is 3.15. The zero-order valence-electron chi connectivity index (χ0n) is 11.6. The van der Waals surface area contributed by atoms with Gasteiger partial charge in [0.25, 0.3) is 0 Å². The predicted octanol–water partition coefficient (Wildman–Crippen LogP) is 3.64. The van der Waals surface area contributed by atoms with Crippen LogP contribution in [0.1, 0.15) is 37.6 Å². The van der Waals surface area contributed by atoms with Crippen molar-refractivity contribution in [3.63, 3.8) is 0 Å². The number of nitrogens with zero attached hydrogens (tertiary/aromatic N) is 2. The summed E-state index contributed by atoms with van der Waals surface area (Å²) in [5.74, 6) is 0.0964. The highest BCUT2D eigenvalue weighted by molar-refractivity contribution is 9.10. The number of ketones is 1. The highest BCUT2D eigenvalue weighted by atomic mass is 79.9. The Morgan fingerprint density at radius 2 is 1.89 bits per heavy atom. The van der Waals surface area contributed by atoms with E-state index in [1.54, 1.807) is 0 Å². The number of Topliss-reactive ketones (excluding diaryl/α,β-unsaturated/α-hetero) is 1. The molecule has 0 N–H and O–H groups in total. The van der Waals surface area contributed by atoms with E-state index in [4.69, 9.17) is 5.26 Å². The first-order valence-electron chi connectivity index (χ1n) is 6.39. The maximum absolute atomic E-state index is 12.4. The van der Waals surface area contributed by atoms with Crippen molar-refractivity contribution in [3.8, 4) is 6.07 Å². The molecule has 0 heterocycles. The molecular formula is C15H19BrN2O. The van der Waals surface area contributed by atoms with Gasteiger partial charge in [0, 0.05) is 29.0 Å². The van der Waals surface area contributed by atoms with E-state index < -0.39 is 0 Å². The Bertz CT molecular complexity index is 462. The first-order valence-corrected chi connectivity index (χ1v) is 7.19. The van der Waals surface area contributed by atoms with Gasteiger partial charge in [-0.3, -0.25) is 9.69 Å². The molecule has 0 aromatic heterocycles. The van der Waals surface area contributed by atoms with Crippen LogP contribution in [0.25, 0.3) is 0 Å². The summed E-state index contributed by atoms with van der Waals surface area (Å²) in [5.41, 5.74) is 0.707. The van der Waals surface area contributed by atoms with Gasteiger partial charge in [-0.05, 0) is 32.9 Å². The lowest BCUT2D eigenvalue weighted by atomic mass is 10.0. The zero-order valence-corrected chi connectivity index (χ0v) is 13.1. The smallest absolute Gasteiger partial charge is 0.179 e. The molecule has 19 heavy (non-hydrogen) atoms. The van der Waals surface area contributed by atoms with Gasteiger partial charge in [0.1, 0.15) is 0 Å². The third kappa shape index (κ3) is 4.45. The molecule has 0 aliphatic carbocycles. The van der Waals surface area contributed by atoms with E-state index in [1.807, 2.05) is 45.0 Å². The Morgan fingerprint density at radius 3 is 2.37 bits per heavy atom. The van der Waals surface area contributed by atoms with Crippen LogP contribution in [0, 0.1) is 11.3 Å². The molecule has 0 saturated heterocycles. The summed E-state index contributed by atoms with van der Waals surface area (Å²) in [6.07, 6.45) is 0.441. The number of hydrogen-bond acceptors (Lipinski definition) is 3. The molecule has 1 aromatic carbocycles. The quantitative estimate of drug-likeness (QED) is 0.751. The average molecular weight is 323 g/mol. The van der Waals surface area contributed by atoms with Crippen LogP contribution in [0.5, 0.6) is 0 Å². The maximum atomic E-state index is 12.4. The summed E-state index contributed by atoms with van der Waals surface area (Å²) in [4.78, 5) is 14.5. The first kappa shape index (κ1) is 15.9. The SMILES string of the molecule is CC(C)N(CCC#N)C(C)C(=O)c1ccc(Br)cc1. The zero-order chi connectivity index (χ0) is 14.4. The van der Waals surface area contributed by atoms with Crippen molar-refractivity contribution in [1.82, 2.24) is 4.90 Å². The van der Waals surface area contributed by atoms with Gasteiger partial charge >= 0.3 is 0 Å². The van der Waals surface area contributed by atoms with Crippen LogP contribution in [-0.4, -0.2) is 29.3 Å². The van der Waals surface area contributed by atoms with Crippen molar-refractivity contribution in [3.05, 3.63) is 34.3 Å². The van der Waals surface area contributed by atoms with Crippen LogP contribution in [0.3, 0.4) is 0 Å². The van der Waals surface area contributed by atoms with Gasteiger partial charge in [0.05, 0.1) is 12.1 Å². The highest BCUT2D eigenvalue weighted by Gasteiger charge is 2.24. The fourth-order valence-corrected chi connectivity index (χ4v) is 2.35. The summed E-state index contributed by atoms with van der Waals surface area (Å²) in [7, 11) is 0. The van der Waals surface area contributed by atoms with Crippen molar-refractivity contribution < 1.29 is 4.79 Å². The van der Waals surface area contributed by atoms with Crippen LogP contribution in [0.4, 0.5) is 0 Å². The normalized spacial score (nSPS) is 12.5. The van der Waals surface area contributed by atoms with Crippen LogP contribution >= 0.6 is 15.9 Å². The Kier molecular flexibility index (Phi) is 6.20. The fraction of sp³-hybridized carbons (Fsp3) is 0.467. The molecule has 0 radical (unpaired) electrons. The predicted molar refractivity (Wildman–Crippen MR) is 80.0 cm³/mol. The molecule has 0 bridgehead atoms. The van der Waals surface area contributed by atoms with E-state index in [2.05, 4.69) is 26.9 Å². The highest BCUT2D eigenvalue weighted by Crippen LogP contribution is 2.15. The molecular weight excluding hydrogens is 304 g/mol. The van der Waals surface area contributed by atoms with Crippen molar-refractivity contribution in [1.29, 1.82) is 5.26 Å². The van der Waals surface area contributed by atoms with Gasteiger partial charge in [-0.2, -0.15) is 5.26 Å². The molecule has 0 aliphatic heterocycles. The van der Waals surface area contributed by atoms with Gasteiger partial charge in [-0.1, -0.05) is 28.1 Å². The Balaban J connectivity index is 2.84. The number of carbonyl (C=O) groups excluding carboxylic acids is 1. The summed E-state index contributed by atoms with van der Waals surface area (Å²) in [5, 5.41) is 8.70. The molecule has 1 unspecified atom stereocenters. The molecule has 1 atom stereocenters. The lowest BCUT2D eigenvalue weighted by Crippen LogP contribution is -2.43. The van der Waals surface area contributed by atoms with Gasteiger partial charge in [0.15, 0.2) is 5.78 Å². The second-order valence-corrected chi connectivity index (χ2v) is 5.70. The number of rotatable bonds is 6. The standard InChI is InChI=1S/C15H19BrN2O/c1-11(2)18(10-4-9-17)12(3)15(19)13-5-7-14(16)8-6-13/h5-8,11-12H,4,10H2,1-3H3. The maximum Gasteiger partial charge on any atom is 0.179 e. The monoisotopic (exact) mass is 322 g/mol. The minimum absolute atomic E-state index is 0.0964. The molecule has 0 saturated carbocycles. The van der Waals surface area contributed by atoms with E-state index >= 15 is 0 Å². The Hall–Kier alpha value is -1.18. The number of hydrogen-bond donors (Lipinski definition) is 0. The van der Waals surface area contributed by atoms with Gasteiger partial charge < -0.3 is 0 Å². The summed E-state index contributed by atoms with van der Waals surface area (Å²) in [6, 6.07) is 9.55. The summed E-state index contributed by atoms with van der Waals surface area (Å²) < 4.78 is 0.960. The van der Waals surface area contributed by atoms with Crippen LogP contribution in [0.15, 0.2) is 28.7 Å². The average Bonchev–Trinajstić information content (AvgIpc) is 2.38. The molecule has 0 aliphatic rings. The lowest BCUT2D eigenvalue weighted by molar-refractivity contribution is 0.0793.